The van der Waals surface area contributed by atoms with Crippen LogP contribution in [0.3, 0.4) is 0 Å². The highest BCUT2D eigenvalue weighted by atomic mass is 16.3. The van der Waals surface area contributed by atoms with Crippen molar-refractivity contribution in [2.24, 2.45) is 0 Å². The molecule has 0 aliphatic carbocycles. The van der Waals surface area contributed by atoms with E-state index in [0.29, 0.717) is 12.3 Å². The molecule has 4 nitrogen and oxygen atoms in total. The van der Waals surface area contributed by atoms with E-state index in [1.807, 2.05) is 0 Å². The van der Waals surface area contributed by atoms with Crippen molar-refractivity contribution in [1.82, 2.24) is 4.81 Å². The van der Waals surface area contributed by atoms with Gasteiger partial charge in [0.2, 0.25) is 7.98 Å². The number of aliphatic hydroxyl groups is 1. The molecule has 0 spiro atoms. The fourth-order valence-corrected chi connectivity index (χ4v) is 0.292. The normalized spacial score (nSPS) is 8.67. The van der Waals surface area contributed by atoms with Gasteiger partial charge in [-0.3, -0.25) is 4.79 Å². The first kappa shape index (κ1) is 8.52. The van der Waals surface area contributed by atoms with Crippen LogP contribution in [-0.4, -0.2) is 49.4 Å². The van der Waals surface area contributed by atoms with Gasteiger partial charge in [0.05, 0.1) is 6.61 Å². The molecule has 0 aromatic carbocycles. The van der Waals surface area contributed by atoms with Crippen molar-refractivity contribution in [3.63, 3.8) is 0 Å². The van der Waals surface area contributed by atoms with Crippen molar-refractivity contribution in [2.45, 2.75) is 0 Å². The van der Waals surface area contributed by atoms with Crippen LogP contribution in [0, 0.1) is 0 Å². The lowest BCUT2D eigenvalue weighted by molar-refractivity contribution is 0.227. The van der Waals surface area contributed by atoms with Crippen molar-refractivity contribution in [3.8, 4) is 0 Å². The molecule has 0 aromatic rings. The van der Waals surface area contributed by atoms with Gasteiger partial charge >= 0.3 is 7.48 Å². The molecule has 1 amide bonds. The van der Waals surface area contributed by atoms with Crippen molar-refractivity contribution in [1.29, 1.82) is 0 Å². The zero-order valence-electron chi connectivity index (χ0n) is 4.82. The minimum Gasteiger partial charge on any atom is -0.446 e. The second-order valence-corrected chi connectivity index (χ2v) is 1.38. The predicted octanol–water partition coefficient (Wildman–Crippen LogP) is -1.90. The Morgan fingerprint density at radius 3 is 2.67 bits per heavy atom. The van der Waals surface area contributed by atoms with Gasteiger partial charge in [-0.15, -0.1) is 0 Å². The summed E-state index contributed by atoms with van der Waals surface area (Å²) in [4.78, 5) is 11.0. The number of amides is 1. The molecule has 0 aliphatic heterocycles. The zero-order chi connectivity index (χ0) is 7.28. The molecule has 0 atom stereocenters. The van der Waals surface area contributed by atoms with Crippen molar-refractivity contribution in [3.05, 3.63) is 0 Å². The molecular weight excluding hydrogens is 120 g/mol. The molecule has 0 saturated carbocycles. The van der Waals surface area contributed by atoms with E-state index < -0.39 is 5.81 Å². The van der Waals surface area contributed by atoms with Gasteiger partial charge in [0.25, 0.3) is 0 Å². The van der Waals surface area contributed by atoms with Crippen LogP contribution in [0.1, 0.15) is 0 Å². The third-order valence-corrected chi connectivity index (χ3v) is 0.734. The van der Waals surface area contributed by atoms with Gasteiger partial charge in [0.15, 0.2) is 5.81 Å². The van der Waals surface area contributed by atoms with E-state index in [2.05, 4.69) is 0 Å². The standard InChI is InChI=1S/C3H6B2NO3/c4-6(1-2-7)3(8)5-9/h7,9H,1-2H2. The molecule has 0 unspecified atom stereocenters. The third kappa shape index (κ3) is 3.16. The minimum absolute atomic E-state index is 0.0237. The van der Waals surface area contributed by atoms with Gasteiger partial charge in [0.1, 0.15) is 0 Å². The molecule has 0 aliphatic rings. The fraction of sp³-hybridized carbons (Fsp3) is 0.667. The van der Waals surface area contributed by atoms with E-state index in [0.717, 1.165) is 0 Å². The average Bonchev–Trinajstić information content (AvgIpc) is 1.87. The summed E-state index contributed by atoms with van der Waals surface area (Å²) in [5.74, 6) is -0.718. The SMILES string of the molecule is [B]N(CCO)C(=O)[B]O. The average molecular weight is 126 g/mol. The van der Waals surface area contributed by atoms with E-state index in [1.165, 1.54) is 0 Å². The summed E-state index contributed by atoms with van der Waals surface area (Å²) in [7, 11) is 5.31. The second-order valence-electron chi connectivity index (χ2n) is 1.38. The number of hydrogen-bond acceptors (Lipinski definition) is 3. The van der Waals surface area contributed by atoms with E-state index in [-0.39, 0.29) is 13.2 Å². The van der Waals surface area contributed by atoms with Crippen LogP contribution in [0.15, 0.2) is 0 Å². The Labute approximate surface area is 55.2 Å². The maximum atomic E-state index is 10.3. The quantitative estimate of drug-likeness (QED) is 0.433. The maximum absolute atomic E-state index is 10.3. The molecule has 3 radical (unpaired) electrons. The smallest absolute Gasteiger partial charge is 0.402 e. The van der Waals surface area contributed by atoms with Crippen LogP contribution in [0.5, 0.6) is 0 Å². The first-order valence-corrected chi connectivity index (χ1v) is 2.37. The molecule has 0 saturated heterocycles. The predicted molar refractivity (Wildman–Crippen MR) is 32.9 cm³/mol. The summed E-state index contributed by atoms with van der Waals surface area (Å²) in [6.07, 6.45) is 0. The van der Waals surface area contributed by atoms with E-state index in [1.54, 1.807) is 0 Å². The number of nitrogens with zero attached hydrogens (tertiary/aromatic N) is 1. The maximum Gasteiger partial charge on any atom is 0.402 e. The van der Waals surface area contributed by atoms with Gasteiger partial charge in [-0.1, -0.05) is 0 Å². The summed E-state index contributed by atoms with van der Waals surface area (Å²) < 4.78 is 0. The Morgan fingerprint density at radius 1 is 1.78 bits per heavy atom. The third-order valence-electron chi connectivity index (χ3n) is 0.734. The highest BCUT2D eigenvalue weighted by Crippen LogP contribution is 1.80. The Kier molecular flexibility index (Phi) is 4.17. The van der Waals surface area contributed by atoms with Crippen molar-refractivity contribution < 1.29 is 14.9 Å². The molecule has 9 heavy (non-hydrogen) atoms. The molecule has 0 heterocycles. The molecule has 0 bridgehead atoms. The van der Waals surface area contributed by atoms with E-state index in [4.69, 9.17) is 18.1 Å². The summed E-state index contributed by atoms with van der Waals surface area (Å²) in [6, 6.07) is 0. The molecule has 0 fully saturated rings. The van der Waals surface area contributed by atoms with Gasteiger partial charge < -0.3 is 14.9 Å². The van der Waals surface area contributed by atoms with Crippen molar-refractivity contribution >= 4 is 21.3 Å². The number of carbonyl (C=O) groups excluding carboxylic acids is 1. The summed E-state index contributed by atoms with van der Waals surface area (Å²) in [6.45, 7) is -0.189. The van der Waals surface area contributed by atoms with Crippen LogP contribution in [0.2, 0.25) is 0 Å². The Balaban J connectivity index is 3.45. The second kappa shape index (κ2) is 4.40. The summed E-state index contributed by atoms with van der Waals surface area (Å²) in [5.41, 5.74) is 0. The lowest BCUT2D eigenvalue weighted by Crippen LogP contribution is -2.33. The number of aliphatic hydroxyl groups excluding tert-OH is 1. The van der Waals surface area contributed by atoms with Gasteiger partial charge in [-0.25, -0.2) is 0 Å². The molecular formula is C3H6B2NO3. The summed E-state index contributed by atoms with van der Waals surface area (Å²) in [5, 5.41) is 16.3. The largest absolute Gasteiger partial charge is 0.446 e. The Hall–Kier alpha value is -0.480. The fourth-order valence-electron chi connectivity index (χ4n) is 0.292. The first-order chi connectivity index (χ1) is 4.22. The summed E-state index contributed by atoms with van der Waals surface area (Å²) >= 11 is 0. The number of rotatable bonds is 3. The molecule has 0 rings (SSSR count). The first-order valence-electron chi connectivity index (χ1n) is 2.37. The molecule has 47 valence electrons. The molecule has 2 N–H and O–H groups in total. The zero-order valence-corrected chi connectivity index (χ0v) is 4.82. The lowest BCUT2D eigenvalue weighted by Gasteiger charge is -2.13. The number of hydrogen-bond donors (Lipinski definition) is 2. The lowest BCUT2D eigenvalue weighted by atomic mass is 9.98. The van der Waals surface area contributed by atoms with Crippen LogP contribution in [0.4, 0.5) is 4.79 Å². The highest BCUT2D eigenvalue weighted by molar-refractivity contribution is 6.69. The van der Waals surface area contributed by atoms with Crippen LogP contribution >= 0.6 is 0 Å². The topological polar surface area (TPSA) is 60.8 Å². The van der Waals surface area contributed by atoms with Crippen LogP contribution < -0.4 is 0 Å². The Morgan fingerprint density at radius 2 is 2.33 bits per heavy atom. The van der Waals surface area contributed by atoms with Crippen LogP contribution in [-0.2, 0) is 0 Å². The van der Waals surface area contributed by atoms with Crippen LogP contribution in [0.25, 0.3) is 0 Å². The van der Waals surface area contributed by atoms with Gasteiger partial charge in [-0.05, 0) is 0 Å². The monoisotopic (exact) mass is 126 g/mol. The Bertz CT molecular complexity index is 99.1. The van der Waals surface area contributed by atoms with E-state index >= 15 is 0 Å². The highest BCUT2D eigenvalue weighted by Gasteiger charge is 2.06. The molecule has 6 heteroatoms. The van der Waals surface area contributed by atoms with E-state index in [9.17, 15) is 4.79 Å². The van der Waals surface area contributed by atoms with Gasteiger partial charge in [0, 0.05) is 6.54 Å². The van der Waals surface area contributed by atoms with Crippen molar-refractivity contribution in [2.75, 3.05) is 13.2 Å². The van der Waals surface area contributed by atoms with Gasteiger partial charge in [-0.2, -0.15) is 0 Å². The molecule has 0 aromatic heterocycles. The minimum atomic E-state index is -0.718. The number of carbonyl (C=O) groups is 1.